The van der Waals surface area contributed by atoms with Gasteiger partial charge in [-0.05, 0) is 48.7 Å². The number of hydrogen-bond donors (Lipinski definition) is 1. The molecule has 0 saturated heterocycles. The quantitative estimate of drug-likeness (QED) is 0.489. The summed E-state index contributed by atoms with van der Waals surface area (Å²) < 4.78 is 11.9. The summed E-state index contributed by atoms with van der Waals surface area (Å²) in [6.45, 7) is 5.62. The van der Waals surface area contributed by atoms with Crippen molar-refractivity contribution in [3.8, 4) is 11.5 Å². The van der Waals surface area contributed by atoms with E-state index in [0.29, 0.717) is 6.61 Å². The third-order valence-corrected chi connectivity index (χ3v) is 4.60. The molecule has 0 fully saturated rings. The lowest BCUT2D eigenvalue weighted by Crippen LogP contribution is -2.22. The summed E-state index contributed by atoms with van der Waals surface area (Å²) in [4.78, 5) is 0. The Bertz CT molecular complexity index is 831. The topological polar surface area (TPSA) is 30.5 Å². The molecule has 3 heteroatoms. The first-order chi connectivity index (χ1) is 13.7. The van der Waals surface area contributed by atoms with Gasteiger partial charge in [0.05, 0.1) is 13.2 Å². The standard InChI is InChI=1S/C25H29NO2/c1-3-21-12-14-24(15-13-21)28-20(2)19-26-23-10-7-11-25(18-23)27-17-16-22-8-5-4-6-9-22/h4-15,18,20,26H,3,16-17,19H2,1-2H3. The molecule has 0 radical (unpaired) electrons. The number of rotatable bonds is 10. The van der Waals surface area contributed by atoms with Crippen LogP contribution >= 0.6 is 0 Å². The van der Waals surface area contributed by atoms with Gasteiger partial charge in [-0.2, -0.15) is 0 Å². The zero-order valence-corrected chi connectivity index (χ0v) is 16.7. The van der Waals surface area contributed by atoms with Crippen LogP contribution in [0.2, 0.25) is 0 Å². The van der Waals surface area contributed by atoms with Gasteiger partial charge in [0.2, 0.25) is 0 Å². The highest BCUT2D eigenvalue weighted by molar-refractivity contribution is 5.48. The molecule has 146 valence electrons. The van der Waals surface area contributed by atoms with E-state index in [0.717, 1.165) is 36.6 Å². The second-order valence-corrected chi connectivity index (χ2v) is 6.92. The molecule has 1 N–H and O–H groups in total. The molecule has 0 aliphatic carbocycles. The van der Waals surface area contributed by atoms with Crippen LogP contribution in [0.15, 0.2) is 78.9 Å². The molecule has 0 aliphatic heterocycles. The van der Waals surface area contributed by atoms with Crippen LogP contribution in [0.3, 0.4) is 0 Å². The fourth-order valence-corrected chi connectivity index (χ4v) is 2.97. The third-order valence-electron chi connectivity index (χ3n) is 4.60. The largest absolute Gasteiger partial charge is 0.493 e. The van der Waals surface area contributed by atoms with Crippen LogP contribution in [-0.2, 0) is 12.8 Å². The van der Waals surface area contributed by atoms with E-state index in [-0.39, 0.29) is 6.10 Å². The third kappa shape index (κ3) is 6.34. The van der Waals surface area contributed by atoms with Gasteiger partial charge in [-0.1, -0.05) is 55.5 Å². The predicted molar refractivity (Wildman–Crippen MR) is 116 cm³/mol. The average Bonchev–Trinajstić information content (AvgIpc) is 2.74. The SMILES string of the molecule is CCc1ccc(OC(C)CNc2cccc(OCCc3ccccc3)c2)cc1. The zero-order chi connectivity index (χ0) is 19.6. The van der Waals surface area contributed by atoms with E-state index < -0.39 is 0 Å². The molecule has 28 heavy (non-hydrogen) atoms. The van der Waals surface area contributed by atoms with E-state index in [2.05, 4.69) is 55.6 Å². The summed E-state index contributed by atoms with van der Waals surface area (Å²) in [5, 5.41) is 3.43. The number of ether oxygens (including phenoxy) is 2. The van der Waals surface area contributed by atoms with Crippen LogP contribution in [0, 0.1) is 0 Å². The Balaban J connectivity index is 1.44. The van der Waals surface area contributed by atoms with E-state index in [1.54, 1.807) is 0 Å². The maximum atomic E-state index is 5.99. The summed E-state index contributed by atoms with van der Waals surface area (Å²) in [5.74, 6) is 1.79. The Hall–Kier alpha value is -2.94. The van der Waals surface area contributed by atoms with E-state index in [1.807, 2.05) is 42.5 Å². The van der Waals surface area contributed by atoms with Crippen LogP contribution in [-0.4, -0.2) is 19.3 Å². The molecule has 1 unspecified atom stereocenters. The normalized spacial score (nSPS) is 11.6. The maximum absolute atomic E-state index is 5.99. The van der Waals surface area contributed by atoms with E-state index in [9.17, 15) is 0 Å². The molecule has 0 heterocycles. The summed E-state index contributed by atoms with van der Waals surface area (Å²) >= 11 is 0. The van der Waals surface area contributed by atoms with Gasteiger partial charge in [-0.15, -0.1) is 0 Å². The van der Waals surface area contributed by atoms with Gasteiger partial charge in [0, 0.05) is 18.2 Å². The predicted octanol–water partition coefficient (Wildman–Crippen LogP) is 5.75. The first-order valence-electron chi connectivity index (χ1n) is 9.99. The minimum atomic E-state index is 0.0649. The number of nitrogens with one attached hydrogen (secondary N) is 1. The highest BCUT2D eigenvalue weighted by Crippen LogP contribution is 2.19. The van der Waals surface area contributed by atoms with E-state index in [1.165, 1.54) is 11.1 Å². The lowest BCUT2D eigenvalue weighted by atomic mass is 10.2. The number of anilines is 1. The van der Waals surface area contributed by atoms with Gasteiger partial charge >= 0.3 is 0 Å². The average molecular weight is 376 g/mol. The first-order valence-corrected chi connectivity index (χ1v) is 9.99. The van der Waals surface area contributed by atoms with Gasteiger partial charge in [-0.25, -0.2) is 0 Å². The van der Waals surface area contributed by atoms with Crippen LogP contribution in [0.4, 0.5) is 5.69 Å². The molecule has 1 atom stereocenters. The molecular formula is C25H29NO2. The van der Waals surface area contributed by atoms with Crippen molar-refractivity contribution in [1.82, 2.24) is 0 Å². The Kier molecular flexibility index (Phi) is 7.36. The van der Waals surface area contributed by atoms with Crippen molar-refractivity contribution in [2.75, 3.05) is 18.5 Å². The highest BCUT2D eigenvalue weighted by Gasteiger charge is 2.05. The van der Waals surface area contributed by atoms with Gasteiger partial charge in [0.15, 0.2) is 0 Å². The molecule has 0 bridgehead atoms. The molecule has 3 rings (SSSR count). The van der Waals surface area contributed by atoms with Crippen molar-refractivity contribution in [2.45, 2.75) is 32.8 Å². The van der Waals surface area contributed by atoms with Crippen molar-refractivity contribution in [1.29, 1.82) is 0 Å². The van der Waals surface area contributed by atoms with Crippen molar-refractivity contribution < 1.29 is 9.47 Å². The minimum absolute atomic E-state index is 0.0649. The number of aryl methyl sites for hydroxylation is 1. The maximum Gasteiger partial charge on any atom is 0.121 e. The summed E-state index contributed by atoms with van der Waals surface area (Å²) in [5.41, 5.74) is 3.64. The molecule has 0 aromatic heterocycles. The lowest BCUT2D eigenvalue weighted by Gasteiger charge is -2.17. The van der Waals surface area contributed by atoms with Crippen molar-refractivity contribution in [3.05, 3.63) is 90.0 Å². The monoisotopic (exact) mass is 375 g/mol. The molecule has 3 aromatic carbocycles. The van der Waals surface area contributed by atoms with Crippen LogP contribution in [0.5, 0.6) is 11.5 Å². The lowest BCUT2D eigenvalue weighted by molar-refractivity contribution is 0.234. The summed E-state index contributed by atoms with van der Waals surface area (Å²) in [6.07, 6.45) is 2.01. The molecule has 0 saturated carbocycles. The van der Waals surface area contributed by atoms with Gasteiger partial charge in [0.1, 0.15) is 17.6 Å². The molecule has 3 aromatic rings. The zero-order valence-electron chi connectivity index (χ0n) is 16.7. The van der Waals surface area contributed by atoms with Gasteiger partial charge in [-0.3, -0.25) is 0 Å². The van der Waals surface area contributed by atoms with E-state index >= 15 is 0 Å². The number of hydrogen-bond acceptors (Lipinski definition) is 3. The van der Waals surface area contributed by atoms with E-state index in [4.69, 9.17) is 9.47 Å². The van der Waals surface area contributed by atoms with Crippen LogP contribution < -0.4 is 14.8 Å². The minimum Gasteiger partial charge on any atom is -0.493 e. The molecule has 0 aliphatic rings. The fraction of sp³-hybridized carbons (Fsp3) is 0.280. The first kappa shape index (κ1) is 19.8. The van der Waals surface area contributed by atoms with Gasteiger partial charge in [0.25, 0.3) is 0 Å². The molecule has 3 nitrogen and oxygen atoms in total. The van der Waals surface area contributed by atoms with Crippen LogP contribution in [0.1, 0.15) is 25.0 Å². The van der Waals surface area contributed by atoms with Crippen molar-refractivity contribution >= 4 is 5.69 Å². The Morgan fingerprint density at radius 3 is 2.36 bits per heavy atom. The smallest absolute Gasteiger partial charge is 0.121 e. The Morgan fingerprint density at radius 1 is 0.821 bits per heavy atom. The van der Waals surface area contributed by atoms with Crippen molar-refractivity contribution in [3.63, 3.8) is 0 Å². The molecule has 0 amide bonds. The molecule has 0 spiro atoms. The van der Waals surface area contributed by atoms with Crippen molar-refractivity contribution in [2.24, 2.45) is 0 Å². The Labute approximate surface area is 168 Å². The van der Waals surface area contributed by atoms with Gasteiger partial charge < -0.3 is 14.8 Å². The fourth-order valence-electron chi connectivity index (χ4n) is 2.97. The number of benzene rings is 3. The highest BCUT2D eigenvalue weighted by atomic mass is 16.5. The molecular weight excluding hydrogens is 346 g/mol. The van der Waals surface area contributed by atoms with Crippen LogP contribution in [0.25, 0.3) is 0 Å². The Morgan fingerprint density at radius 2 is 1.61 bits per heavy atom. The second-order valence-electron chi connectivity index (χ2n) is 6.92. The summed E-state index contributed by atoms with van der Waals surface area (Å²) in [7, 11) is 0. The summed E-state index contributed by atoms with van der Waals surface area (Å²) in [6, 6.07) is 26.8. The second kappa shape index (κ2) is 10.4.